The first-order valence-electron chi connectivity index (χ1n) is 11.4. The lowest BCUT2D eigenvalue weighted by atomic mass is 9.97. The Labute approximate surface area is 212 Å². The van der Waals surface area contributed by atoms with Crippen molar-refractivity contribution >= 4 is 29.1 Å². The summed E-state index contributed by atoms with van der Waals surface area (Å²) >= 11 is 0. The molecule has 1 aliphatic heterocycles. The Kier molecular flexibility index (Phi) is 8.95. The first-order valence-corrected chi connectivity index (χ1v) is 11.4. The molecule has 12 heteroatoms. The smallest absolute Gasteiger partial charge is 0.270 e. The second-order valence-electron chi connectivity index (χ2n) is 8.67. The minimum atomic E-state index is -1.57. The number of hydrogen-bond acceptors (Lipinski definition) is 10. The number of rotatable bonds is 9. The van der Waals surface area contributed by atoms with E-state index in [4.69, 9.17) is 9.47 Å². The van der Waals surface area contributed by atoms with Gasteiger partial charge in [-0.15, -0.1) is 0 Å². The number of ketones is 1. The summed E-state index contributed by atoms with van der Waals surface area (Å²) in [6, 6.07) is 9.45. The maximum Gasteiger partial charge on any atom is 0.270 e. The highest BCUT2D eigenvalue weighted by atomic mass is 16.7. The predicted octanol–water partition coefficient (Wildman–Crippen LogP) is 0.879. The number of carbonyl (C=O) groups excluding carboxylic acids is 2. The molecule has 0 radical (unpaired) electrons. The summed E-state index contributed by atoms with van der Waals surface area (Å²) in [5, 5.41) is 44.0. The van der Waals surface area contributed by atoms with Crippen molar-refractivity contribution in [2.75, 3.05) is 25.6 Å². The van der Waals surface area contributed by atoms with Gasteiger partial charge in [0.1, 0.15) is 30.1 Å². The number of benzene rings is 2. The summed E-state index contributed by atoms with van der Waals surface area (Å²) in [6.07, 6.45) is -2.99. The first-order chi connectivity index (χ1) is 17.5. The molecule has 1 fully saturated rings. The van der Waals surface area contributed by atoms with Gasteiger partial charge in [-0.1, -0.05) is 18.2 Å². The van der Waals surface area contributed by atoms with Crippen molar-refractivity contribution in [3.8, 4) is 5.75 Å². The summed E-state index contributed by atoms with van der Waals surface area (Å²) in [6.45, 7) is 0.525. The Balaban J connectivity index is 1.93. The fourth-order valence-electron chi connectivity index (χ4n) is 3.77. The minimum Gasteiger partial charge on any atom is -0.462 e. The monoisotopic (exact) mass is 515 g/mol. The van der Waals surface area contributed by atoms with E-state index in [9.17, 15) is 35.0 Å². The molecular formula is C25H29N3O9. The van der Waals surface area contributed by atoms with Gasteiger partial charge in [0, 0.05) is 38.8 Å². The molecule has 0 spiro atoms. The molecule has 3 rings (SSSR count). The highest BCUT2D eigenvalue weighted by molar-refractivity contribution is 6.09. The topological polar surface area (TPSA) is 172 Å². The largest absolute Gasteiger partial charge is 0.462 e. The van der Waals surface area contributed by atoms with E-state index in [0.29, 0.717) is 0 Å². The molecule has 2 aromatic carbocycles. The highest BCUT2D eigenvalue weighted by Gasteiger charge is 2.46. The van der Waals surface area contributed by atoms with Crippen molar-refractivity contribution in [3.05, 3.63) is 69.8 Å². The molecule has 1 saturated heterocycles. The molecule has 1 aliphatic rings. The van der Waals surface area contributed by atoms with E-state index in [2.05, 4.69) is 5.32 Å². The molecule has 4 N–H and O–H groups in total. The van der Waals surface area contributed by atoms with Crippen LogP contribution in [0.25, 0.3) is 6.08 Å². The third kappa shape index (κ3) is 6.68. The third-order valence-electron chi connectivity index (χ3n) is 5.77. The van der Waals surface area contributed by atoms with Crippen molar-refractivity contribution in [2.45, 2.75) is 37.6 Å². The number of anilines is 1. The molecule has 0 unspecified atom stereocenters. The number of nitrogens with one attached hydrogen (secondary N) is 1. The summed E-state index contributed by atoms with van der Waals surface area (Å²) in [5.41, 5.74) is 1.16. The van der Waals surface area contributed by atoms with Gasteiger partial charge in [0.2, 0.25) is 12.2 Å². The average Bonchev–Trinajstić information content (AvgIpc) is 2.86. The summed E-state index contributed by atoms with van der Waals surface area (Å²) < 4.78 is 11.3. The molecular weight excluding hydrogens is 486 g/mol. The summed E-state index contributed by atoms with van der Waals surface area (Å²) in [7, 11) is 3.79. The lowest BCUT2D eigenvalue weighted by Gasteiger charge is -2.42. The maximum atomic E-state index is 13.1. The molecule has 37 heavy (non-hydrogen) atoms. The van der Waals surface area contributed by atoms with Gasteiger partial charge in [0.15, 0.2) is 5.78 Å². The van der Waals surface area contributed by atoms with Gasteiger partial charge < -0.3 is 35.0 Å². The number of ether oxygens (including phenoxy) is 2. The van der Waals surface area contributed by atoms with E-state index in [1.807, 2.05) is 31.1 Å². The van der Waals surface area contributed by atoms with Gasteiger partial charge in [0.25, 0.3) is 5.69 Å². The van der Waals surface area contributed by atoms with Gasteiger partial charge in [0.05, 0.1) is 17.1 Å². The van der Waals surface area contributed by atoms with Crippen molar-refractivity contribution in [1.82, 2.24) is 5.32 Å². The van der Waals surface area contributed by atoms with Crippen LogP contribution in [-0.2, 0) is 9.53 Å². The van der Waals surface area contributed by atoms with E-state index < -0.39 is 53.9 Å². The lowest BCUT2D eigenvalue weighted by molar-refractivity contribution is -0.384. The molecule has 0 saturated carbocycles. The number of nitrogens with zero attached hydrogens (tertiary/aromatic N) is 2. The van der Waals surface area contributed by atoms with Crippen LogP contribution >= 0.6 is 0 Å². The number of non-ortho nitro benzene ring substituents is 1. The Morgan fingerprint density at radius 3 is 2.41 bits per heavy atom. The number of carbonyl (C=O) groups is 2. The number of amides is 1. The van der Waals surface area contributed by atoms with Crippen LogP contribution in [-0.4, -0.2) is 83.3 Å². The molecule has 12 nitrogen and oxygen atoms in total. The molecule has 198 valence electrons. The van der Waals surface area contributed by atoms with Crippen LogP contribution in [0.4, 0.5) is 11.4 Å². The molecule has 1 amide bonds. The Morgan fingerprint density at radius 2 is 1.84 bits per heavy atom. The lowest BCUT2D eigenvalue weighted by Crippen LogP contribution is -2.65. The van der Waals surface area contributed by atoms with Gasteiger partial charge in [-0.05, 0) is 29.8 Å². The van der Waals surface area contributed by atoms with Crippen molar-refractivity contribution in [1.29, 1.82) is 0 Å². The van der Waals surface area contributed by atoms with Crippen LogP contribution in [0.3, 0.4) is 0 Å². The van der Waals surface area contributed by atoms with Gasteiger partial charge in [-0.25, -0.2) is 0 Å². The zero-order valence-corrected chi connectivity index (χ0v) is 20.5. The average molecular weight is 516 g/mol. The van der Waals surface area contributed by atoms with Gasteiger partial charge in [-0.2, -0.15) is 0 Å². The number of nitro groups is 1. The molecule has 1 heterocycles. The van der Waals surface area contributed by atoms with Crippen LogP contribution in [0, 0.1) is 10.1 Å². The minimum absolute atomic E-state index is 0.121. The molecule has 5 atom stereocenters. The highest BCUT2D eigenvalue weighted by Crippen LogP contribution is 2.30. The molecule has 0 aromatic heterocycles. The molecule has 2 aromatic rings. The quantitative estimate of drug-likeness (QED) is 0.163. The second-order valence-corrected chi connectivity index (χ2v) is 8.67. The Morgan fingerprint density at radius 1 is 1.16 bits per heavy atom. The second kappa shape index (κ2) is 11.9. The Bertz CT molecular complexity index is 1170. The number of allylic oxidation sites excluding steroid dienone is 1. The van der Waals surface area contributed by atoms with Crippen molar-refractivity contribution < 1.29 is 39.3 Å². The van der Waals surface area contributed by atoms with Crippen LogP contribution < -0.4 is 15.0 Å². The zero-order valence-electron chi connectivity index (χ0n) is 20.5. The fraction of sp³-hybridized carbons (Fsp3) is 0.360. The van der Waals surface area contributed by atoms with Crippen LogP contribution in [0.5, 0.6) is 5.75 Å². The van der Waals surface area contributed by atoms with Gasteiger partial charge >= 0.3 is 0 Å². The van der Waals surface area contributed by atoms with Gasteiger partial charge in [-0.3, -0.25) is 19.7 Å². The number of aliphatic hydroxyl groups excluding tert-OH is 3. The van der Waals surface area contributed by atoms with Crippen molar-refractivity contribution in [3.63, 3.8) is 0 Å². The standard InChI is InChI=1S/C25H29N3O9/c1-14(30)26-22-24(33)23(32)21(13-29)37-25(22)36-20-11-9-17(28(34)35)12-18(20)19(31)10-6-15-4-7-16(8-5-15)27(2)3/h4-12,21-25,29,32-33H,13H2,1-3H3,(H,26,30)/b10-6+/t21-,22+,23+,24-,25-/m1/s1. The van der Waals surface area contributed by atoms with E-state index in [0.717, 1.165) is 23.4 Å². The fourth-order valence-corrected chi connectivity index (χ4v) is 3.77. The summed E-state index contributed by atoms with van der Waals surface area (Å²) in [4.78, 5) is 37.4. The normalized spacial score (nSPS) is 23.5. The van der Waals surface area contributed by atoms with Crippen LogP contribution in [0.1, 0.15) is 22.8 Å². The van der Waals surface area contributed by atoms with Crippen molar-refractivity contribution in [2.24, 2.45) is 0 Å². The van der Waals surface area contributed by atoms with E-state index in [1.54, 1.807) is 18.2 Å². The number of nitro benzene ring substituents is 1. The van der Waals surface area contributed by atoms with Crippen LogP contribution in [0.2, 0.25) is 0 Å². The van der Waals surface area contributed by atoms with E-state index >= 15 is 0 Å². The SMILES string of the molecule is CC(=O)N[C@@H]1[C@H](Oc2ccc([N+](=O)[O-])cc2C(=O)/C=C/c2ccc(N(C)C)cc2)O[C@H](CO)[C@H](O)[C@@H]1O. The third-order valence-corrected chi connectivity index (χ3v) is 5.77. The summed E-state index contributed by atoms with van der Waals surface area (Å²) in [5.74, 6) is -1.29. The molecule has 0 bridgehead atoms. The van der Waals surface area contributed by atoms with Crippen LogP contribution in [0.15, 0.2) is 48.5 Å². The van der Waals surface area contributed by atoms with E-state index in [-0.39, 0.29) is 17.0 Å². The Hall–Kier alpha value is -3.84. The number of hydrogen-bond donors (Lipinski definition) is 4. The first kappa shape index (κ1) is 27.7. The maximum absolute atomic E-state index is 13.1. The van der Waals surface area contributed by atoms with E-state index in [1.165, 1.54) is 19.1 Å². The zero-order chi connectivity index (χ0) is 27.3. The molecule has 0 aliphatic carbocycles. The predicted molar refractivity (Wildman–Crippen MR) is 133 cm³/mol. The number of aliphatic hydroxyl groups is 3.